The van der Waals surface area contributed by atoms with Crippen LogP contribution < -0.4 is 4.74 Å². The minimum atomic E-state index is -0.829. The number of carboxylic acid groups (broad SMARTS) is 1. The third-order valence-electron chi connectivity index (χ3n) is 5.39. The summed E-state index contributed by atoms with van der Waals surface area (Å²) in [5, 5.41) is 9.03. The largest absolute Gasteiger partial charge is 0.490 e. The van der Waals surface area contributed by atoms with E-state index >= 15 is 0 Å². The molecule has 0 bridgehead atoms. The normalized spacial score (nSPS) is 20.4. The lowest BCUT2D eigenvalue weighted by molar-refractivity contribution is 0.0894. The van der Waals surface area contributed by atoms with E-state index in [0.717, 1.165) is 44.5 Å². The van der Waals surface area contributed by atoms with Crippen LogP contribution >= 0.6 is 0 Å². The Morgan fingerprint density at radius 3 is 2.44 bits per heavy atom. The van der Waals surface area contributed by atoms with Gasteiger partial charge in [0.25, 0.3) is 0 Å². The zero-order chi connectivity index (χ0) is 17.2. The summed E-state index contributed by atoms with van der Waals surface area (Å²) in [6, 6.07) is 6.46. The molecule has 2 aliphatic heterocycles. The van der Waals surface area contributed by atoms with Crippen LogP contribution in [-0.4, -0.2) is 53.3 Å². The van der Waals surface area contributed by atoms with Gasteiger partial charge in [-0.3, -0.25) is 0 Å². The molecule has 5 heteroatoms. The molecule has 5 nitrogen and oxygen atoms in total. The maximum Gasteiger partial charge on any atom is 0.407 e. The molecule has 132 valence electrons. The second-order valence-corrected chi connectivity index (χ2v) is 6.96. The molecule has 0 saturated carbocycles. The molecule has 2 heterocycles. The smallest absolute Gasteiger partial charge is 0.407 e. The van der Waals surface area contributed by atoms with Crippen molar-refractivity contribution < 1.29 is 14.6 Å². The van der Waals surface area contributed by atoms with Crippen LogP contribution in [0.5, 0.6) is 5.75 Å². The first-order chi connectivity index (χ1) is 12.2. The molecule has 1 aromatic rings. The maximum absolute atomic E-state index is 11.0. The second-order valence-electron chi connectivity index (χ2n) is 6.96. The first-order valence-electron chi connectivity index (χ1n) is 9.09. The van der Waals surface area contributed by atoms with Gasteiger partial charge in [0.2, 0.25) is 0 Å². The van der Waals surface area contributed by atoms with Gasteiger partial charge in [-0.1, -0.05) is 12.1 Å². The average Bonchev–Trinajstić information content (AvgIpc) is 2.77. The Labute approximate surface area is 148 Å². The van der Waals surface area contributed by atoms with Crippen molar-refractivity contribution in [1.29, 1.82) is 0 Å². The maximum atomic E-state index is 11.0. The first kappa shape index (κ1) is 16.1. The molecule has 4 rings (SSSR count). The Balaban J connectivity index is 1.37. The zero-order valence-electron chi connectivity index (χ0n) is 14.4. The lowest BCUT2D eigenvalue weighted by Gasteiger charge is -2.30. The van der Waals surface area contributed by atoms with Crippen molar-refractivity contribution in [3.63, 3.8) is 0 Å². The number of benzene rings is 1. The number of amides is 1. The quantitative estimate of drug-likeness (QED) is 0.919. The Morgan fingerprint density at radius 2 is 1.80 bits per heavy atom. The highest BCUT2D eigenvalue weighted by Crippen LogP contribution is 2.26. The molecule has 1 aromatic carbocycles. The fourth-order valence-electron chi connectivity index (χ4n) is 3.78. The molecule has 0 radical (unpaired) electrons. The van der Waals surface area contributed by atoms with E-state index < -0.39 is 6.09 Å². The highest BCUT2D eigenvalue weighted by molar-refractivity contribution is 5.65. The van der Waals surface area contributed by atoms with E-state index in [-0.39, 0.29) is 6.10 Å². The molecular formula is C20H24N2O3. The van der Waals surface area contributed by atoms with E-state index in [1.807, 2.05) is 0 Å². The van der Waals surface area contributed by atoms with Crippen LogP contribution in [0.25, 0.3) is 0 Å². The number of rotatable bonds is 3. The summed E-state index contributed by atoms with van der Waals surface area (Å²) in [7, 11) is 0. The second kappa shape index (κ2) is 6.82. The van der Waals surface area contributed by atoms with Crippen LogP contribution in [0, 0.1) is 0 Å². The third kappa shape index (κ3) is 3.50. The van der Waals surface area contributed by atoms with Crippen LogP contribution in [0.15, 0.2) is 42.1 Å². The predicted octanol–water partition coefficient (Wildman–Crippen LogP) is 3.06. The van der Waals surface area contributed by atoms with E-state index in [4.69, 9.17) is 9.84 Å². The Hall–Kier alpha value is -2.43. The van der Waals surface area contributed by atoms with Crippen molar-refractivity contribution in [2.75, 3.05) is 26.2 Å². The number of carbonyl (C=O) groups is 1. The highest BCUT2D eigenvalue weighted by Gasteiger charge is 2.24. The molecule has 1 fully saturated rings. The lowest BCUT2D eigenvalue weighted by atomic mass is 10.0. The molecule has 1 saturated heterocycles. The first-order valence-corrected chi connectivity index (χ1v) is 9.09. The summed E-state index contributed by atoms with van der Waals surface area (Å²) in [5.74, 6) is 0.920. The van der Waals surface area contributed by atoms with Gasteiger partial charge in [-0.05, 0) is 48.3 Å². The van der Waals surface area contributed by atoms with E-state index in [0.29, 0.717) is 13.1 Å². The van der Waals surface area contributed by atoms with Crippen molar-refractivity contribution in [2.45, 2.75) is 31.8 Å². The average molecular weight is 340 g/mol. The van der Waals surface area contributed by atoms with Gasteiger partial charge in [-0.15, -0.1) is 0 Å². The van der Waals surface area contributed by atoms with Gasteiger partial charge in [0, 0.05) is 44.7 Å². The van der Waals surface area contributed by atoms with Crippen molar-refractivity contribution in [1.82, 2.24) is 9.80 Å². The van der Waals surface area contributed by atoms with E-state index in [2.05, 4.69) is 41.3 Å². The summed E-state index contributed by atoms with van der Waals surface area (Å²) in [6.45, 7) is 3.23. The molecule has 1 amide bonds. The van der Waals surface area contributed by atoms with Crippen molar-refractivity contribution >= 4 is 6.09 Å². The van der Waals surface area contributed by atoms with E-state index in [1.54, 1.807) is 0 Å². The van der Waals surface area contributed by atoms with Gasteiger partial charge in [-0.25, -0.2) is 4.79 Å². The molecule has 0 atom stereocenters. The van der Waals surface area contributed by atoms with E-state index in [9.17, 15) is 4.79 Å². The van der Waals surface area contributed by atoms with Gasteiger partial charge in [0.15, 0.2) is 0 Å². The molecule has 1 aliphatic carbocycles. The number of nitrogens with zero attached hydrogens (tertiary/aromatic N) is 2. The predicted molar refractivity (Wildman–Crippen MR) is 95.9 cm³/mol. The molecule has 0 unspecified atom stereocenters. The standard InChI is InChI=1S/C20H24N2O3/c23-20(24)22-12-8-18(9-13-22)25-19-5-4-15-6-10-21(17-2-1-3-17)11-7-16(15)14-19/h1-5,14,18H,6-13H2,(H,23,24). The van der Waals surface area contributed by atoms with Gasteiger partial charge >= 0.3 is 6.09 Å². The number of piperidine rings is 1. The fraction of sp³-hybridized carbons (Fsp3) is 0.450. The summed E-state index contributed by atoms with van der Waals surface area (Å²) in [5.41, 5.74) is 4.14. The molecule has 0 spiro atoms. The number of hydrogen-bond acceptors (Lipinski definition) is 3. The Kier molecular flexibility index (Phi) is 4.38. The van der Waals surface area contributed by atoms with Crippen LogP contribution in [0.3, 0.4) is 0 Å². The monoisotopic (exact) mass is 340 g/mol. The molecule has 25 heavy (non-hydrogen) atoms. The van der Waals surface area contributed by atoms with Gasteiger partial charge in [0.05, 0.1) is 0 Å². The Morgan fingerprint density at radius 1 is 1.08 bits per heavy atom. The fourth-order valence-corrected chi connectivity index (χ4v) is 3.78. The van der Waals surface area contributed by atoms with Crippen LogP contribution in [0.4, 0.5) is 4.79 Å². The number of fused-ring (bicyclic) bond motifs is 1. The SMILES string of the molecule is O=C(O)N1CCC(Oc2ccc3c(c2)CCN(C2=CC=C2)CC3)CC1. The summed E-state index contributed by atoms with van der Waals surface area (Å²) >= 11 is 0. The van der Waals surface area contributed by atoms with Crippen LogP contribution in [0.2, 0.25) is 0 Å². The van der Waals surface area contributed by atoms with Gasteiger partial charge in [-0.2, -0.15) is 0 Å². The highest BCUT2D eigenvalue weighted by atomic mass is 16.5. The van der Waals surface area contributed by atoms with Gasteiger partial charge in [0.1, 0.15) is 11.9 Å². The number of allylic oxidation sites excluding steroid dienone is 3. The summed E-state index contributed by atoms with van der Waals surface area (Å²) in [4.78, 5) is 14.9. The topological polar surface area (TPSA) is 53.0 Å². The van der Waals surface area contributed by atoms with Crippen LogP contribution in [0.1, 0.15) is 24.0 Å². The number of ether oxygens (including phenoxy) is 1. The molecular weight excluding hydrogens is 316 g/mol. The van der Waals surface area contributed by atoms with Crippen molar-refractivity contribution in [3.8, 4) is 5.75 Å². The molecule has 3 aliphatic rings. The van der Waals surface area contributed by atoms with Crippen molar-refractivity contribution in [3.05, 3.63) is 53.3 Å². The number of hydrogen-bond donors (Lipinski definition) is 1. The lowest BCUT2D eigenvalue weighted by Crippen LogP contribution is -2.41. The minimum absolute atomic E-state index is 0.112. The van der Waals surface area contributed by atoms with Crippen LogP contribution in [-0.2, 0) is 12.8 Å². The summed E-state index contributed by atoms with van der Waals surface area (Å²) in [6.07, 6.45) is 9.35. The zero-order valence-corrected chi connectivity index (χ0v) is 14.4. The molecule has 1 N–H and O–H groups in total. The third-order valence-corrected chi connectivity index (χ3v) is 5.39. The van der Waals surface area contributed by atoms with Gasteiger partial charge < -0.3 is 19.6 Å². The summed E-state index contributed by atoms with van der Waals surface area (Å²) < 4.78 is 6.14. The molecule has 0 aromatic heterocycles. The minimum Gasteiger partial charge on any atom is -0.490 e. The Bertz CT molecular complexity index is 718. The number of likely N-dealkylation sites (tertiary alicyclic amines) is 1. The van der Waals surface area contributed by atoms with Crippen molar-refractivity contribution in [2.24, 2.45) is 0 Å². The van der Waals surface area contributed by atoms with E-state index in [1.165, 1.54) is 21.7 Å².